The van der Waals surface area contributed by atoms with Crippen molar-refractivity contribution in [3.05, 3.63) is 36.5 Å². The molecule has 0 aromatic rings. The van der Waals surface area contributed by atoms with E-state index in [0.717, 1.165) is 43.9 Å². The summed E-state index contributed by atoms with van der Waals surface area (Å²) in [4.78, 5) is 20.6. The van der Waals surface area contributed by atoms with E-state index in [0.29, 0.717) is 0 Å². The molecule has 0 heterocycles. The summed E-state index contributed by atoms with van der Waals surface area (Å²) < 4.78 is 0. The normalized spacial score (nSPS) is 21.9. The van der Waals surface area contributed by atoms with E-state index in [9.17, 15) is 9.59 Å². The number of carbonyl (C=O) groups excluding carboxylic acids is 1. The zero-order chi connectivity index (χ0) is 19.7. The second-order valence-electron chi connectivity index (χ2n) is 7.68. The molecule has 1 fully saturated rings. The highest BCUT2D eigenvalue weighted by atomic mass is 16.4. The molecule has 152 valence electrons. The molecule has 1 saturated carbocycles. The predicted octanol–water partition coefficient (Wildman–Crippen LogP) is 6.65. The van der Waals surface area contributed by atoms with Crippen LogP contribution in [0.3, 0.4) is 0 Å². The predicted molar refractivity (Wildman–Crippen MR) is 113 cm³/mol. The van der Waals surface area contributed by atoms with Gasteiger partial charge in [-0.15, -0.1) is 0 Å². The Morgan fingerprint density at radius 3 is 2.59 bits per heavy atom. The van der Waals surface area contributed by atoms with E-state index < -0.39 is 5.97 Å². The number of allylic oxidation sites excluding steroid dienone is 6. The maximum atomic E-state index is 10.4. The van der Waals surface area contributed by atoms with Gasteiger partial charge in [0, 0.05) is 12.8 Å². The van der Waals surface area contributed by atoms with Crippen molar-refractivity contribution >= 4 is 11.8 Å². The van der Waals surface area contributed by atoms with Crippen LogP contribution < -0.4 is 0 Å². The molecular formula is C24H38O3. The van der Waals surface area contributed by atoms with E-state index in [4.69, 9.17) is 5.11 Å². The molecule has 0 amide bonds. The molecule has 0 aliphatic heterocycles. The van der Waals surface area contributed by atoms with Crippen LogP contribution in [0.15, 0.2) is 36.5 Å². The van der Waals surface area contributed by atoms with E-state index >= 15 is 0 Å². The van der Waals surface area contributed by atoms with Crippen LogP contribution >= 0.6 is 0 Å². The van der Waals surface area contributed by atoms with Crippen LogP contribution in [0, 0.1) is 11.8 Å². The number of carbonyl (C=O) groups is 2. The Hall–Kier alpha value is -1.64. The summed E-state index contributed by atoms with van der Waals surface area (Å²) in [5.41, 5.74) is 0. The third kappa shape index (κ3) is 12.4. The fourth-order valence-corrected chi connectivity index (χ4v) is 3.68. The lowest BCUT2D eigenvalue weighted by atomic mass is 9.92. The van der Waals surface area contributed by atoms with Crippen LogP contribution in [0.4, 0.5) is 0 Å². The fourth-order valence-electron chi connectivity index (χ4n) is 3.68. The van der Waals surface area contributed by atoms with Gasteiger partial charge in [-0.05, 0) is 69.3 Å². The van der Waals surface area contributed by atoms with Crippen molar-refractivity contribution < 1.29 is 14.7 Å². The zero-order valence-corrected chi connectivity index (χ0v) is 17.1. The van der Waals surface area contributed by atoms with Gasteiger partial charge in [0.15, 0.2) is 5.78 Å². The molecule has 1 N–H and O–H groups in total. The molecule has 2 rings (SSSR count). The van der Waals surface area contributed by atoms with Gasteiger partial charge in [-0.1, -0.05) is 56.6 Å². The third-order valence-electron chi connectivity index (χ3n) is 5.30. The highest BCUT2D eigenvalue weighted by molar-refractivity contribution is 5.91. The highest BCUT2D eigenvalue weighted by Gasteiger charge is 2.23. The highest BCUT2D eigenvalue weighted by Crippen LogP contribution is 2.35. The first-order chi connectivity index (χ1) is 13.1. The number of carboxylic acid groups (broad SMARTS) is 1. The Balaban J connectivity index is 0.000000511. The summed E-state index contributed by atoms with van der Waals surface area (Å²) in [7, 11) is 0. The number of aliphatic carboxylic acids is 1. The van der Waals surface area contributed by atoms with Gasteiger partial charge in [-0.3, -0.25) is 9.59 Å². The Kier molecular flexibility index (Phi) is 13.4. The second kappa shape index (κ2) is 15.4. The molecule has 2 aliphatic carbocycles. The van der Waals surface area contributed by atoms with E-state index in [1.807, 2.05) is 6.08 Å². The van der Waals surface area contributed by atoms with Gasteiger partial charge in [0.05, 0.1) is 0 Å². The molecule has 0 aromatic carbocycles. The average molecular weight is 375 g/mol. The van der Waals surface area contributed by atoms with Crippen LogP contribution in [0.1, 0.15) is 90.4 Å². The molecule has 2 aliphatic rings. The SMILES string of the molecule is CCCCC/C=C/[C@H]1CCC[C@@H]1C/C=C\CCCC(=O)O.O=C1C=CCC1. The van der Waals surface area contributed by atoms with Crippen molar-refractivity contribution in [3.63, 3.8) is 0 Å². The summed E-state index contributed by atoms with van der Waals surface area (Å²) >= 11 is 0. The first kappa shape index (κ1) is 23.4. The smallest absolute Gasteiger partial charge is 0.303 e. The molecule has 0 radical (unpaired) electrons. The molecule has 2 atom stereocenters. The van der Waals surface area contributed by atoms with Crippen molar-refractivity contribution in [3.8, 4) is 0 Å². The van der Waals surface area contributed by atoms with Crippen LogP contribution in [0.2, 0.25) is 0 Å². The third-order valence-corrected chi connectivity index (χ3v) is 5.30. The second-order valence-corrected chi connectivity index (χ2v) is 7.68. The van der Waals surface area contributed by atoms with Gasteiger partial charge < -0.3 is 5.11 Å². The molecule has 27 heavy (non-hydrogen) atoms. The lowest BCUT2D eigenvalue weighted by Crippen LogP contribution is -2.03. The van der Waals surface area contributed by atoms with Gasteiger partial charge in [0.25, 0.3) is 0 Å². The van der Waals surface area contributed by atoms with Crippen molar-refractivity contribution in [1.82, 2.24) is 0 Å². The van der Waals surface area contributed by atoms with E-state index in [1.165, 1.54) is 44.9 Å². The molecular weight excluding hydrogens is 336 g/mol. The molecule has 0 aromatic heterocycles. The lowest BCUT2D eigenvalue weighted by molar-refractivity contribution is -0.137. The van der Waals surface area contributed by atoms with Crippen molar-refractivity contribution in [2.24, 2.45) is 11.8 Å². The first-order valence-electron chi connectivity index (χ1n) is 10.9. The van der Waals surface area contributed by atoms with Gasteiger partial charge >= 0.3 is 5.97 Å². The lowest BCUT2D eigenvalue weighted by Gasteiger charge is -2.14. The average Bonchev–Trinajstić information content (AvgIpc) is 3.29. The summed E-state index contributed by atoms with van der Waals surface area (Å²) in [6, 6.07) is 0. The standard InChI is InChI=1S/C19H32O2.C5H6O/c1-2-3-4-5-8-12-17-14-11-15-18(17)13-9-6-7-10-16-19(20)21;6-5-3-1-2-4-5/h6,8-9,12,17-18H,2-5,7,10-11,13-16H2,1H3,(H,20,21);1,3H,2,4H2/b9-6-,12-8+;/t17-,18-;/m0./s1. The molecule has 0 saturated heterocycles. The fraction of sp³-hybridized carbons (Fsp3) is 0.667. The Morgan fingerprint density at radius 1 is 1.15 bits per heavy atom. The molecule has 3 heteroatoms. The Bertz CT molecular complexity index is 502. The van der Waals surface area contributed by atoms with Crippen molar-refractivity contribution in [2.75, 3.05) is 0 Å². The molecule has 3 nitrogen and oxygen atoms in total. The zero-order valence-electron chi connectivity index (χ0n) is 17.1. The Labute approximate surface area is 165 Å². The quantitative estimate of drug-likeness (QED) is 0.325. The maximum absolute atomic E-state index is 10.4. The topological polar surface area (TPSA) is 54.4 Å². The van der Waals surface area contributed by atoms with E-state index in [2.05, 4.69) is 31.2 Å². The number of rotatable bonds is 11. The van der Waals surface area contributed by atoms with Gasteiger partial charge in [0.1, 0.15) is 0 Å². The van der Waals surface area contributed by atoms with E-state index in [-0.39, 0.29) is 12.2 Å². The minimum Gasteiger partial charge on any atom is -0.481 e. The first-order valence-corrected chi connectivity index (χ1v) is 10.9. The maximum Gasteiger partial charge on any atom is 0.303 e. The van der Waals surface area contributed by atoms with Crippen LogP contribution in [-0.2, 0) is 9.59 Å². The largest absolute Gasteiger partial charge is 0.481 e. The van der Waals surface area contributed by atoms with Gasteiger partial charge in [-0.2, -0.15) is 0 Å². The number of hydrogen-bond donors (Lipinski definition) is 1. The summed E-state index contributed by atoms with van der Waals surface area (Å²) in [6.45, 7) is 2.25. The molecule has 0 bridgehead atoms. The van der Waals surface area contributed by atoms with Gasteiger partial charge in [0.2, 0.25) is 0 Å². The molecule has 0 spiro atoms. The summed E-state index contributed by atoms with van der Waals surface area (Å²) in [5.74, 6) is 1.17. The number of unbranched alkanes of at least 4 members (excludes halogenated alkanes) is 4. The van der Waals surface area contributed by atoms with Crippen molar-refractivity contribution in [2.45, 2.75) is 90.4 Å². The number of carboxylic acids is 1. The number of hydrogen-bond acceptors (Lipinski definition) is 2. The van der Waals surface area contributed by atoms with Crippen molar-refractivity contribution in [1.29, 1.82) is 0 Å². The monoisotopic (exact) mass is 374 g/mol. The minimum absolute atomic E-state index is 0.273. The Morgan fingerprint density at radius 2 is 1.96 bits per heavy atom. The summed E-state index contributed by atoms with van der Waals surface area (Å²) in [6.07, 6.45) is 26.9. The summed E-state index contributed by atoms with van der Waals surface area (Å²) in [5, 5.41) is 8.58. The van der Waals surface area contributed by atoms with Crippen LogP contribution in [-0.4, -0.2) is 16.9 Å². The van der Waals surface area contributed by atoms with E-state index in [1.54, 1.807) is 6.08 Å². The minimum atomic E-state index is -0.688. The van der Waals surface area contributed by atoms with Gasteiger partial charge in [-0.25, -0.2) is 0 Å². The van der Waals surface area contributed by atoms with Crippen LogP contribution in [0.25, 0.3) is 0 Å². The van der Waals surface area contributed by atoms with Crippen LogP contribution in [0.5, 0.6) is 0 Å². The molecule has 0 unspecified atom stereocenters. The number of ketones is 1.